The average Bonchev–Trinajstić information content (AvgIpc) is 2.57. The van der Waals surface area contributed by atoms with E-state index in [0.29, 0.717) is 18.2 Å². The van der Waals surface area contributed by atoms with E-state index >= 15 is 0 Å². The number of carbonyl (C=O) groups is 1. The molecule has 0 unspecified atom stereocenters. The molecule has 0 saturated carbocycles. The van der Waals surface area contributed by atoms with Crippen LogP contribution in [-0.4, -0.2) is 30.4 Å². The Bertz CT molecular complexity index is 666. The minimum Gasteiger partial charge on any atom is -0.325 e. The maximum Gasteiger partial charge on any atom is 0.238 e. The molecule has 2 aromatic rings. The number of rotatable bonds is 5. The van der Waals surface area contributed by atoms with E-state index in [-0.39, 0.29) is 11.7 Å². The normalized spacial score (nSPS) is 16.0. The van der Waals surface area contributed by atoms with Crippen LogP contribution in [0.3, 0.4) is 0 Å². The average molecular weight is 326 g/mol. The van der Waals surface area contributed by atoms with Crippen molar-refractivity contribution in [2.24, 2.45) is 5.92 Å². The number of anilines is 1. The summed E-state index contributed by atoms with van der Waals surface area (Å²) in [6.07, 6.45) is 3.34. The van der Waals surface area contributed by atoms with Crippen molar-refractivity contribution in [2.45, 2.75) is 19.3 Å². The van der Waals surface area contributed by atoms with Crippen molar-refractivity contribution >= 4 is 11.6 Å². The number of nitrogens with one attached hydrogen (secondary N) is 1. The van der Waals surface area contributed by atoms with E-state index in [1.165, 1.54) is 17.7 Å². The first-order valence-electron chi connectivity index (χ1n) is 8.51. The van der Waals surface area contributed by atoms with Crippen LogP contribution < -0.4 is 5.32 Å². The molecule has 3 nitrogen and oxygen atoms in total. The van der Waals surface area contributed by atoms with Crippen LogP contribution in [0.2, 0.25) is 0 Å². The molecule has 1 saturated heterocycles. The van der Waals surface area contributed by atoms with E-state index in [0.717, 1.165) is 32.4 Å². The van der Waals surface area contributed by atoms with E-state index in [9.17, 15) is 9.18 Å². The third kappa shape index (κ3) is 4.90. The number of likely N-dealkylation sites (tertiary alicyclic amines) is 1. The molecule has 1 heterocycles. The van der Waals surface area contributed by atoms with E-state index in [4.69, 9.17) is 0 Å². The summed E-state index contributed by atoms with van der Waals surface area (Å²) in [6.45, 7) is 2.25. The van der Waals surface area contributed by atoms with Crippen molar-refractivity contribution in [3.8, 4) is 0 Å². The minimum absolute atomic E-state index is 0.0814. The van der Waals surface area contributed by atoms with Gasteiger partial charge in [-0.3, -0.25) is 9.69 Å². The van der Waals surface area contributed by atoms with Gasteiger partial charge in [0, 0.05) is 5.69 Å². The summed E-state index contributed by atoms with van der Waals surface area (Å²) in [5.41, 5.74) is 1.90. The molecule has 24 heavy (non-hydrogen) atoms. The van der Waals surface area contributed by atoms with Gasteiger partial charge in [0.05, 0.1) is 6.54 Å². The number of carbonyl (C=O) groups excluding carboxylic acids is 1. The highest BCUT2D eigenvalue weighted by molar-refractivity contribution is 5.92. The SMILES string of the molecule is O=C(CN1CCC(Cc2ccccc2)CC1)Nc1cccc(F)c1. The predicted octanol–water partition coefficient (Wildman–Crippen LogP) is 3.72. The summed E-state index contributed by atoms with van der Waals surface area (Å²) in [5, 5.41) is 2.76. The molecule has 2 aromatic carbocycles. The highest BCUT2D eigenvalue weighted by atomic mass is 19.1. The van der Waals surface area contributed by atoms with E-state index in [1.54, 1.807) is 12.1 Å². The van der Waals surface area contributed by atoms with Gasteiger partial charge in [-0.2, -0.15) is 0 Å². The highest BCUT2D eigenvalue weighted by Gasteiger charge is 2.21. The molecule has 1 N–H and O–H groups in total. The first-order chi connectivity index (χ1) is 11.7. The second-order valence-electron chi connectivity index (χ2n) is 6.47. The Kier molecular flexibility index (Phi) is 5.59. The van der Waals surface area contributed by atoms with Crippen LogP contribution in [0.1, 0.15) is 18.4 Å². The number of hydrogen-bond acceptors (Lipinski definition) is 2. The van der Waals surface area contributed by atoms with Crippen LogP contribution in [0.4, 0.5) is 10.1 Å². The summed E-state index contributed by atoms with van der Waals surface area (Å²) < 4.78 is 13.1. The molecule has 0 spiro atoms. The van der Waals surface area contributed by atoms with Crippen molar-refractivity contribution in [1.82, 2.24) is 4.90 Å². The second kappa shape index (κ2) is 8.06. The van der Waals surface area contributed by atoms with E-state index in [1.807, 2.05) is 6.07 Å². The van der Waals surface area contributed by atoms with Crippen LogP contribution in [0.15, 0.2) is 54.6 Å². The van der Waals surface area contributed by atoms with Gasteiger partial charge in [0.15, 0.2) is 0 Å². The standard InChI is InChI=1S/C20H23FN2O/c21-18-7-4-8-19(14-18)22-20(24)15-23-11-9-17(10-12-23)13-16-5-2-1-3-6-16/h1-8,14,17H,9-13,15H2,(H,22,24). The maximum atomic E-state index is 13.1. The topological polar surface area (TPSA) is 32.3 Å². The summed E-state index contributed by atoms with van der Waals surface area (Å²) >= 11 is 0. The predicted molar refractivity (Wildman–Crippen MR) is 94.3 cm³/mol. The van der Waals surface area contributed by atoms with Gasteiger partial charge < -0.3 is 5.32 Å². The fourth-order valence-corrected chi connectivity index (χ4v) is 3.27. The number of piperidine rings is 1. The molecular weight excluding hydrogens is 303 g/mol. The quantitative estimate of drug-likeness (QED) is 0.908. The van der Waals surface area contributed by atoms with Gasteiger partial charge >= 0.3 is 0 Å². The minimum atomic E-state index is -0.338. The molecule has 126 valence electrons. The van der Waals surface area contributed by atoms with Crippen molar-refractivity contribution in [3.05, 3.63) is 66.0 Å². The molecule has 0 atom stereocenters. The Balaban J connectivity index is 1.42. The summed E-state index contributed by atoms with van der Waals surface area (Å²) in [7, 11) is 0. The van der Waals surface area contributed by atoms with Gasteiger partial charge in [-0.15, -0.1) is 0 Å². The van der Waals surface area contributed by atoms with Crippen molar-refractivity contribution in [2.75, 3.05) is 25.0 Å². The molecule has 0 aromatic heterocycles. The summed E-state index contributed by atoms with van der Waals surface area (Å²) in [6, 6.07) is 16.6. The zero-order valence-corrected chi connectivity index (χ0v) is 13.7. The van der Waals surface area contributed by atoms with Gasteiger partial charge in [0.2, 0.25) is 5.91 Å². The lowest BCUT2D eigenvalue weighted by molar-refractivity contribution is -0.117. The van der Waals surface area contributed by atoms with Gasteiger partial charge in [0.1, 0.15) is 5.82 Å². The molecule has 1 aliphatic rings. The van der Waals surface area contributed by atoms with E-state index < -0.39 is 0 Å². The van der Waals surface area contributed by atoms with Crippen LogP contribution in [-0.2, 0) is 11.2 Å². The molecule has 0 aliphatic carbocycles. The summed E-state index contributed by atoms with van der Waals surface area (Å²) in [5.74, 6) is 0.270. The maximum absolute atomic E-state index is 13.1. The number of nitrogens with zero attached hydrogens (tertiary/aromatic N) is 1. The fraction of sp³-hybridized carbons (Fsp3) is 0.350. The number of hydrogen-bond donors (Lipinski definition) is 1. The summed E-state index contributed by atoms with van der Waals surface area (Å²) in [4.78, 5) is 14.3. The lowest BCUT2D eigenvalue weighted by Crippen LogP contribution is -2.39. The molecule has 4 heteroatoms. The number of benzene rings is 2. The molecule has 3 rings (SSSR count). The fourth-order valence-electron chi connectivity index (χ4n) is 3.27. The van der Waals surface area contributed by atoms with Crippen LogP contribution in [0.25, 0.3) is 0 Å². The van der Waals surface area contributed by atoms with Crippen LogP contribution in [0, 0.1) is 11.7 Å². The van der Waals surface area contributed by atoms with Gasteiger partial charge in [0.25, 0.3) is 0 Å². The second-order valence-corrected chi connectivity index (χ2v) is 6.47. The Hall–Kier alpha value is -2.20. The van der Waals surface area contributed by atoms with E-state index in [2.05, 4.69) is 34.5 Å². The van der Waals surface area contributed by atoms with Crippen LogP contribution >= 0.6 is 0 Å². The smallest absolute Gasteiger partial charge is 0.238 e. The first kappa shape index (κ1) is 16.7. The number of halogens is 1. The third-order valence-electron chi connectivity index (χ3n) is 4.55. The highest BCUT2D eigenvalue weighted by Crippen LogP contribution is 2.21. The first-order valence-corrected chi connectivity index (χ1v) is 8.51. The molecule has 1 fully saturated rings. The largest absolute Gasteiger partial charge is 0.325 e. The van der Waals surface area contributed by atoms with Crippen LogP contribution in [0.5, 0.6) is 0 Å². The molecule has 1 aliphatic heterocycles. The third-order valence-corrected chi connectivity index (χ3v) is 4.55. The van der Waals surface area contributed by atoms with Gasteiger partial charge in [-0.05, 0) is 62.0 Å². The molecular formula is C20H23FN2O. The Morgan fingerprint density at radius 2 is 1.83 bits per heavy atom. The number of amides is 1. The van der Waals surface area contributed by atoms with Crippen molar-refractivity contribution < 1.29 is 9.18 Å². The molecule has 0 radical (unpaired) electrons. The van der Waals surface area contributed by atoms with Crippen molar-refractivity contribution in [3.63, 3.8) is 0 Å². The Morgan fingerprint density at radius 1 is 1.08 bits per heavy atom. The molecule has 0 bridgehead atoms. The molecule has 1 amide bonds. The zero-order valence-electron chi connectivity index (χ0n) is 13.7. The van der Waals surface area contributed by atoms with Crippen molar-refractivity contribution in [1.29, 1.82) is 0 Å². The lowest BCUT2D eigenvalue weighted by atomic mass is 9.90. The Morgan fingerprint density at radius 3 is 2.54 bits per heavy atom. The monoisotopic (exact) mass is 326 g/mol. The Labute approximate surface area is 142 Å². The van der Waals surface area contributed by atoms with Gasteiger partial charge in [-0.1, -0.05) is 36.4 Å². The zero-order chi connectivity index (χ0) is 16.8. The lowest BCUT2D eigenvalue weighted by Gasteiger charge is -2.31. The van der Waals surface area contributed by atoms with Gasteiger partial charge in [-0.25, -0.2) is 4.39 Å².